The van der Waals surface area contributed by atoms with Crippen LogP contribution in [0.2, 0.25) is 0 Å². The second-order valence-electron chi connectivity index (χ2n) is 4.96. The Hall–Kier alpha value is -3.36. The molecule has 9 nitrogen and oxygen atoms in total. The van der Waals surface area contributed by atoms with Crippen molar-refractivity contribution >= 4 is 11.9 Å². The van der Waals surface area contributed by atoms with Crippen LogP contribution in [-0.2, 0) is 16.1 Å². The predicted octanol–water partition coefficient (Wildman–Crippen LogP) is 0.976. The number of esters is 1. The normalized spacial score (nSPS) is 9.96. The number of benzene rings is 1. The lowest BCUT2D eigenvalue weighted by atomic mass is 10.1. The molecule has 0 aliphatic heterocycles. The van der Waals surface area contributed by atoms with Crippen LogP contribution in [0.1, 0.15) is 16.1 Å². The first kappa shape index (κ1) is 19.0. The van der Waals surface area contributed by atoms with Gasteiger partial charge in [0.05, 0.1) is 27.5 Å². The topological polar surface area (TPSA) is 109 Å². The summed E-state index contributed by atoms with van der Waals surface area (Å²) >= 11 is 0. The lowest BCUT2D eigenvalue weighted by molar-refractivity contribution is -0.124. The molecule has 1 amide bonds. The molecule has 0 fully saturated rings. The van der Waals surface area contributed by atoms with Gasteiger partial charge in [0.1, 0.15) is 5.75 Å². The SMILES string of the molecule is COc1cc(OC)c(OC)cc1CNC(=O)COC(=O)c1cnccn1. The van der Waals surface area contributed by atoms with Gasteiger partial charge in [-0.25, -0.2) is 9.78 Å². The van der Waals surface area contributed by atoms with Crippen molar-refractivity contribution in [1.29, 1.82) is 0 Å². The predicted molar refractivity (Wildman–Crippen MR) is 90.3 cm³/mol. The van der Waals surface area contributed by atoms with Crippen molar-refractivity contribution in [3.63, 3.8) is 0 Å². The summed E-state index contributed by atoms with van der Waals surface area (Å²) in [5.74, 6) is 0.347. The number of amides is 1. The van der Waals surface area contributed by atoms with Gasteiger partial charge >= 0.3 is 5.97 Å². The second-order valence-corrected chi connectivity index (χ2v) is 4.96. The fourth-order valence-corrected chi connectivity index (χ4v) is 2.08. The van der Waals surface area contributed by atoms with E-state index in [1.165, 1.54) is 39.9 Å². The number of carbonyl (C=O) groups excluding carboxylic acids is 2. The summed E-state index contributed by atoms with van der Waals surface area (Å²) in [5.41, 5.74) is 0.709. The number of ether oxygens (including phenoxy) is 4. The van der Waals surface area contributed by atoms with Gasteiger partial charge in [-0.3, -0.25) is 9.78 Å². The molecule has 2 aromatic rings. The average Bonchev–Trinajstić information content (AvgIpc) is 2.70. The highest BCUT2D eigenvalue weighted by Gasteiger charge is 2.14. The molecule has 1 N–H and O–H groups in total. The number of carbonyl (C=O) groups is 2. The van der Waals surface area contributed by atoms with Crippen LogP contribution < -0.4 is 19.5 Å². The average molecular weight is 361 g/mol. The molecule has 0 spiro atoms. The number of methoxy groups -OCH3 is 3. The van der Waals surface area contributed by atoms with Crippen molar-refractivity contribution in [2.75, 3.05) is 27.9 Å². The summed E-state index contributed by atoms with van der Waals surface area (Å²) in [6, 6.07) is 3.36. The quantitative estimate of drug-likeness (QED) is 0.693. The van der Waals surface area contributed by atoms with Crippen LogP contribution in [-0.4, -0.2) is 49.8 Å². The lowest BCUT2D eigenvalue weighted by Crippen LogP contribution is -2.28. The summed E-state index contributed by atoms with van der Waals surface area (Å²) in [6.45, 7) is -0.282. The van der Waals surface area contributed by atoms with E-state index in [1.807, 2.05) is 0 Å². The number of nitrogens with zero attached hydrogens (tertiary/aromatic N) is 2. The van der Waals surface area contributed by atoms with Crippen LogP contribution in [0.4, 0.5) is 0 Å². The molecule has 26 heavy (non-hydrogen) atoms. The molecule has 0 bridgehead atoms. The van der Waals surface area contributed by atoms with Crippen molar-refractivity contribution in [3.8, 4) is 17.2 Å². The maximum absolute atomic E-state index is 11.9. The van der Waals surface area contributed by atoms with Gasteiger partial charge < -0.3 is 24.3 Å². The minimum Gasteiger partial charge on any atom is -0.496 e. The maximum Gasteiger partial charge on any atom is 0.359 e. The van der Waals surface area contributed by atoms with Gasteiger partial charge in [0.25, 0.3) is 5.91 Å². The Labute approximate surface area is 150 Å². The Bertz CT molecular complexity index is 767. The summed E-state index contributed by atoms with van der Waals surface area (Å²) in [5, 5.41) is 2.64. The van der Waals surface area contributed by atoms with E-state index in [9.17, 15) is 9.59 Å². The van der Waals surface area contributed by atoms with Crippen molar-refractivity contribution in [2.45, 2.75) is 6.54 Å². The summed E-state index contributed by atoms with van der Waals surface area (Å²) < 4.78 is 20.6. The van der Waals surface area contributed by atoms with Crippen LogP contribution in [0.5, 0.6) is 17.2 Å². The Morgan fingerprint density at radius 3 is 2.31 bits per heavy atom. The Morgan fingerprint density at radius 2 is 1.69 bits per heavy atom. The van der Waals surface area contributed by atoms with Crippen molar-refractivity contribution in [3.05, 3.63) is 42.0 Å². The first-order valence-electron chi connectivity index (χ1n) is 7.57. The van der Waals surface area contributed by atoms with Crippen molar-refractivity contribution < 1.29 is 28.5 Å². The van der Waals surface area contributed by atoms with Gasteiger partial charge in [0.15, 0.2) is 23.8 Å². The van der Waals surface area contributed by atoms with E-state index < -0.39 is 18.5 Å². The largest absolute Gasteiger partial charge is 0.496 e. The highest BCUT2D eigenvalue weighted by Crippen LogP contribution is 2.34. The molecule has 0 atom stereocenters. The van der Waals surface area contributed by atoms with Gasteiger partial charge in [-0.2, -0.15) is 0 Å². The van der Waals surface area contributed by atoms with Crippen LogP contribution >= 0.6 is 0 Å². The zero-order valence-corrected chi connectivity index (χ0v) is 14.6. The fourth-order valence-electron chi connectivity index (χ4n) is 2.08. The van der Waals surface area contributed by atoms with Crippen LogP contribution in [0, 0.1) is 0 Å². The standard InChI is InChI=1S/C17H19N3O6/c1-23-13-7-15(25-3)14(24-2)6-11(13)8-20-16(21)10-26-17(22)12-9-18-4-5-19-12/h4-7,9H,8,10H2,1-3H3,(H,20,21). The van der Waals surface area contributed by atoms with E-state index in [1.54, 1.807) is 12.1 Å². The molecule has 0 aliphatic carbocycles. The van der Waals surface area contributed by atoms with E-state index in [0.29, 0.717) is 22.8 Å². The zero-order chi connectivity index (χ0) is 18.9. The van der Waals surface area contributed by atoms with Gasteiger partial charge in [-0.15, -0.1) is 0 Å². The highest BCUT2D eigenvalue weighted by molar-refractivity contribution is 5.89. The Morgan fingerprint density at radius 1 is 1.00 bits per heavy atom. The summed E-state index contributed by atoms with van der Waals surface area (Å²) in [6.07, 6.45) is 4.05. The molecule has 2 rings (SSSR count). The lowest BCUT2D eigenvalue weighted by Gasteiger charge is -2.14. The summed E-state index contributed by atoms with van der Waals surface area (Å²) in [4.78, 5) is 31.2. The van der Waals surface area contributed by atoms with Crippen LogP contribution in [0.25, 0.3) is 0 Å². The van der Waals surface area contributed by atoms with Crippen molar-refractivity contribution in [1.82, 2.24) is 15.3 Å². The third-order valence-corrected chi connectivity index (χ3v) is 3.37. The van der Waals surface area contributed by atoms with Crippen LogP contribution in [0.15, 0.2) is 30.7 Å². The molecule has 1 heterocycles. The van der Waals surface area contributed by atoms with Crippen molar-refractivity contribution in [2.24, 2.45) is 0 Å². The van der Waals surface area contributed by atoms with E-state index in [4.69, 9.17) is 18.9 Å². The van der Waals surface area contributed by atoms with Gasteiger partial charge in [0.2, 0.25) is 0 Å². The monoisotopic (exact) mass is 361 g/mol. The molecule has 9 heteroatoms. The fraction of sp³-hybridized carbons (Fsp3) is 0.294. The Balaban J connectivity index is 1.93. The molecular weight excluding hydrogens is 342 g/mol. The maximum atomic E-state index is 11.9. The van der Waals surface area contributed by atoms with Gasteiger partial charge in [-0.05, 0) is 6.07 Å². The smallest absolute Gasteiger partial charge is 0.359 e. The second kappa shape index (κ2) is 9.21. The molecule has 1 aromatic carbocycles. The minimum atomic E-state index is -0.725. The molecule has 0 unspecified atom stereocenters. The molecule has 1 aromatic heterocycles. The summed E-state index contributed by atoms with van der Waals surface area (Å²) in [7, 11) is 4.54. The van der Waals surface area contributed by atoms with E-state index in [0.717, 1.165) is 0 Å². The first-order valence-corrected chi connectivity index (χ1v) is 7.57. The number of nitrogens with one attached hydrogen (secondary N) is 1. The van der Waals surface area contributed by atoms with E-state index in [2.05, 4.69) is 15.3 Å². The Kier molecular flexibility index (Phi) is 6.72. The molecule has 0 saturated carbocycles. The molecule has 0 saturated heterocycles. The number of hydrogen-bond acceptors (Lipinski definition) is 8. The molecule has 0 radical (unpaired) electrons. The number of rotatable bonds is 8. The zero-order valence-electron chi connectivity index (χ0n) is 14.6. The molecule has 138 valence electrons. The van der Waals surface area contributed by atoms with Gasteiger partial charge in [-0.1, -0.05) is 0 Å². The van der Waals surface area contributed by atoms with E-state index in [-0.39, 0.29) is 12.2 Å². The first-order chi connectivity index (χ1) is 12.6. The third kappa shape index (κ3) is 4.82. The van der Waals surface area contributed by atoms with Gasteiger partial charge in [0, 0.05) is 30.6 Å². The molecule has 0 aliphatic rings. The minimum absolute atomic E-state index is 0.0295. The van der Waals surface area contributed by atoms with Crippen LogP contribution in [0.3, 0.4) is 0 Å². The highest BCUT2D eigenvalue weighted by atomic mass is 16.5. The number of hydrogen-bond donors (Lipinski definition) is 1. The van der Waals surface area contributed by atoms with E-state index >= 15 is 0 Å². The number of aromatic nitrogens is 2. The third-order valence-electron chi connectivity index (χ3n) is 3.37. The molecular formula is C17H19N3O6.